The van der Waals surface area contributed by atoms with Gasteiger partial charge in [0.2, 0.25) is 11.8 Å². The Morgan fingerprint density at radius 2 is 1.89 bits per heavy atom. The first-order valence-corrected chi connectivity index (χ1v) is 9.18. The van der Waals surface area contributed by atoms with E-state index in [-0.39, 0.29) is 24.2 Å². The number of nitrogens with one attached hydrogen (secondary N) is 3. The first kappa shape index (κ1) is 18.7. The molecule has 3 aromatic rings. The zero-order valence-corrected chi connectivity index (χ0v) is 15.7. The Bertz CT molecular complexity index is 945. The summed E-state index contributed by atoms with van der Waals surface area (Å²) < 4.78 is 0. The molecule has 1 aromatic heterocycles. The van der Waals surface area contributed by atoms with E-state index in [0.29, 0.717) is 13.1 Å². The van der Waals surface area contributed by atoms with E-state index in [1.165, 1.54) is 23.6 Å². The molecule has 2 aromatic carbocycles. The Labute approximate surface area is 159 Å². The maximum Gasteiger partial charge on any atom is 0.221 e. The molecular formula is C22H25N3O2. The molecule has 0 aliphatic rings. The van der Waals surface area contributed by atoms with Gasteiger partial charge >= 0.3 is 0 Å². The van der Waals surface area contributed by atoms with Crippen molar-refractivity contribution in [2.45, 2.75) is 26.2 Å². The molecule has 140 valence electrons. The molecule has 0 bridgehead atoms. The quantitative estimate of drug-likeness (QED) is 0.603. The van der Waals surface area contributed by atoms with E-state index in [4.69, 9.17) is 0 Å². The Morgan fingerprint density at radius 1 is 1.07 bits per heavy atom. The highest BCUT2D eigenvalue weighted by atomic mass is 16.2. The van der Waals surface area contributed by atoms with Crippen molar-refractivity contribution in [3.05, 3.63) is 71.4 Å². The molecule has 0 spiro atoms. The average Bonchev–Trinajstić information content (AvgIpc) is 3.06. The second-order valence-corrected chi connectivity index (χ2v) is 6.79. The van der Waals surface area contributed by atoms with Gasteiger partial charge in [-0.15, -0.1) is 0 Å². The molecule has 1 unspecified atom stereocenters. The van der Waals surface area contributed by atoms with Crippen molar-refractivity contribution < 1.29 is 9.59 Å². The van der Waals surface area contributed by atoms with Gasteiger partial charge in [-0.3, -0.25) is 9.59 Å². The molecule has 3 rings (SSSR count). The average molecular weight is 363 g/mol. The maximum atomic E-state index is 12.2. The lowest BCUT2D eigenvalue weighted by Crippen LogP contribution is -2.32. The third kappa shape index (κ3) is 4.76. The maximum absolute atomic E-state index is 12.2. The number of amides is 2. The van der Waals surface area contributed by atoms with Crippen LogP contribution >= 0.6 is 0 Å². The summed E-state index contributed by atoms with van der Waals surface area (Å²) in [6.45, 7) is 4.37. The molecule has 5 heteroatoms. The fourth-order valence-corrected chi connectivity index (χ4v) is 3.33. The fourth-order valence-electron chi connectivity index (χ4n) is 3.33. The minimum atomic E-state index is -0.126. The number of hydrogen-bond acceptors (Lipinski definition) is 2. The highest BCUT2D eigenvalue weighted by Gasteiger charge is 2.19. The van der Waals surface area contributed by atoms with E-state index in [1.807, 2.05) is 24.4 Å². The van der Waals surface area contributed by atoms with E-state index < -0.39 is 0 Å². The molecule has 0 saturated heterocycles. The van der Waals surface area contributed by atoms with Gasteiger partial charge in [0, 0.05) is 49.5 Å². The number of para-hydroxylation sites is 1. The molecule has 0 saturated carbocycles. The number of benzene rings is 2. The Morgan fingerprint density at radius 3 is 2.67 bits per heavy atom. The largest absolute Gasteiger partial charge is 0.361 e. The summed E-state index contributed by atoms with van der Waals surface area (Å²) in [7, 11) is 0. The van der Waals surface area contributed by atoms with Crippen LogP contribution in [-0.2, 0) is 9.59 Å². The second-order valence-electron chi connectivity index (χ2n) is 6.79. The van der Waals surface area contributed by atoms with Crippen molar-refractivity contribution in [1.29, 1.82) is 0 Å². The van der Waals surface area contributed by atoms with Crippen LogP contribution in [0.4, 0.5) is 0 Å². The van der Waals surface area contributed by atoms with Crippen molar-refractivity contribution in [1.82, 2.24) is 15.6 Å². The normalized spacial score (nSPS) is 11.9. The molecule has 5 nitrogen and oxygen atoms in total. The molecule has 0 fully saturated rings. The van der Waals surface area contributed by atoms with Gasteiger partial charge in [0.15, 0.2) is 0 Å². The fraction of sp³-hybridized carbons (Fsp3) is 0.273. The van der Waals surface area contributed by atoms with Crippen LogP contribution in [0.1, 0.15) is 36.0 Å². The van der Waals surface area contributed by atoms with Crippen LogP contribution in [0.5, 0.6) is 0 Å². The van der Waals surface area contributed by atoms with E-state index in [2.05, 4.69) is 52.9 Å². The third-order valence-corrected chi connectivity index (χ3v) is 4.67. The van der Waals surface area contributed by atoms with Gasteiger partial charge in [-0.1, -0.05) is 48.0 Å². The summed E-state index contributed by atoms with van der Waals surface area (Å²) in [5, 5.41) is 6.84. The van der Waals surface area contributed by atoms with E-state index in [1.54, 1.807) is 0 Å². The summed E-state index contributed by atoms with van der Waals surface area (Å²) in [5.74, 6) is -0.147. The van der Waals surface area contributed by atoms with Crippen LogP contribution in [0.3, 0.4) is 0 Å². The van der Waals surface area contributed by atoms with Crippen LogP contribution < -0.4 is 10.6 Å². The summed E-state index contributed by atoms with van der Waals surface area (Å²) in [6.07, 6.45) is 2.30. The number of fused-ring (bicyclic) bond motifs is 1. The standard InChI is InChI=1S/C22H25N3O2/c1-15-6-5-7-17(12-15)19(13-25-22(27)10-11-23-16(2)26)20-14-24-21-9-4-3-8-18(20)21/h3-9,12,14,19,24H,10-11,13H2,1-2H3,(H,23,26)(H,25,27). The van der Waals surface area contributed by atoms with Gasteiger partial charge in [0.25, 0.3) is 0 Å². The number of hydrogen-bond donors (Lipinski definition) is 3. The SMILES string of the molecule is CC(=O)NCCC(=O)NCC(c1cccc(C)c1)c1c[nH]c2ccccc12. The molecular weight excluding hydrogens is 338 g/mol. The Kier molecular flexibility index (Phi) is 5.91. The molecule has 27 heavy (non-hydrogen) atoms. The molecule has 3 N–H and O–H groups in total. The second kappa shape index (κ2) is 8.54. The van der Waals surface area contributed by atoms with Gasteiger partial charge in [-0.2, -0.15) is 0 Å². The minimum absolute atomic E-state index is 0.0470. The Balaban J connectivity index is 1.81. The van der Waals surface area contributed by atoms with Gasteiger partial charge in [-0.25, -0.2) is 0 Å². The smallest absolute Gasteiger partial charge is 0.221 e. The number of aromatic nitrogens is 1. The number of rotatable bonds is 7. The van der Waals surface area contributed by atoms with Crippen LogP contribution in [0.15, 0.2) is 54.7 Å². The van der Waals surface area contributed by atoms with Crippen LogP contribution in [0, 0.1) is 6.92 Å². The topological polar surface area (TPSA) is 74.0 Å². The van der Waals surface area contributed by atoms with Gasteiger partial charge in [0.05, 0.1) is 0 Å². The van der Waals surface area contributed by atoms with Crippen molar-refractivity contribution in [3.8, 4) is 0 Å². The molecule has 1 atom stereocenters. The van der Waals surface area contributed by atoms with E-state index in [0.717, 1.165) is 10.9 Å². The molecule has 0 aliphatic heterocycles. The monoisotopic (exact) mass is 363 g/mol. The van der Waals surface area contributed by atoms with E-state index in [9.17, 15) is 9.59 Å². The summed E-state index contributed by atoms with van der Waals surface area (Å²) in [6, 6.07) is 16.6. The predicted octanol–water partition coefficient (Wildman–Crippen LogP) is 3.25. The van der Waals surface area contributed by atoms with Crippen molar-refractivity contribution in [2.24, 2.45) is 0 Å². The highest BCUT2D eigenvalue weighted by molar-refractivity contribution is 5.84. The first-order chi connectivity index (χ1) is 13.0. The third-order valence-electron chi connectivity index (χ3n) is 4.67. The summed E-state index contributed by atoms with van der Waals surface area (Å²) in [5.41, 5.74) is 4.61. The van der Waals surface area contributed by atoms with Crippen LogP contribution in [-0.4, -0.2) is 29.9 Å². The first-order valence-electron chi connectivity index (χ1n) is 9.18. The summed E-state index contributed by atoms with van der Waals surface area (Å²) in [4.78, 5) is 26.5. The Hall–Kier alpha value is -3.08. The molecule has 2 amide bonds. The lowest BCUT2D eigenvalue weighted by molar-refractivity contribution is -0.121. The zero-order valence-electron chi connectivity index (χ0n) is 15.7. The summed E-state index contributed by atoms with van der Waals surface area (Å²) >= 11 is 0. The number of H-pyrrole nitrogens is 1. The number of aromatic amines is 1. The predicted molar refractivity (Wildman–Crippen MR) is 108 cm³/mol. The van der Waals surface area contributed by atoms with Gasteiger partial charge < -0.3 is 15.6 Å². The van der Waals surface area contributed by atoms with E-state index >= 15 is 0 Å². The van der Waals surface area contributed by atoms with Gasteiger partial charge in [-0.05, 0) is 24.1 Å². The lowest BCUT2D eigenvalue weighted by Gasteiger charge is -2.19. The lowest BCUT2D eigenvalue weighted by atomic mass is 9.90. The van der Waals surface area contributed by atoms with Crippen molar-refractivity contribution >= 4 is 22.7 Å². The molecule has 0 aliphatic carbocycles. The molecule has 1 heterocycles. The van der Waals surface area contributed by atoms with Crippen molar-refractivity contribution in [3.63, 3.8) is 0 Å². The zero-order chi connectivity index (χ0) is 19.2. The number of carbonyl (C=O) groups excluding carboxylic acids is 2. The van der Waals surface area contributed by atoms with Crippen LogP contribution in [0.25, 0.3) is 10.9 Å². The highest BCUT2D eigenvalue weighted by Crippen LogP contribution is 2.30. The molecule has 0 radical (unpaired) electrons. The minimum Gasteiger partial charge on any atom is -0.361 e. The van der Waals surface area contributed by atoms with Gasteiger partial charge in [0.1, 0.15) is 0 Å². The number of aryl methyl sites for hydroxylation is 1. The van der Waals surface area contributed by atoms with Crippen LogP contribution in [0.2, 0.25) is 0 Å². The number of carbonyl (C=O) groups is 2. The van der Waals surface area contributed by atoms with Crippen molar-refractivity contribution in [2.75, 3.05) is 13.1 Å².